The van der Waals surface area contributed by atoms with E-state index in [1.54, 1.807) is 0 Å². The minimum atomic E-state index is -0.852. The van der Waals surface area contributed by atoms with Crippen molar-refractivity contribution in [2.75, 3.05) is 7.11 Å². The van der Waals surface area contributed by atoms with Crippen molar-refractivity contribution < 1.29 is 18.3 Å². The Morgan fingerprint density at radius 1 is 1.40 bits per heavy atom. The first kappa shape index (κ1) is 11.9. The molecule has 2 nitrogen and oxygen atoms in total. The third kappa shape index (κ3) is 2.45. The van der Waals surface area contributed by atoms with Crippen molar-refractivity contribution in [3.63, 3.8) is 0 Å². The van der Waals surface area contributed by atoms with Gasteiger partial charge in [-0.25, -0.2) is 8.78 Å². The first-order valence-corrected chi connectivity index (χ1v) is 4.57. The van der Waals surface area contributed by atoms with Crippen LogP contribution in [0.25, 0.3) is 0 Å². The molecule has 1 aromatic rings. The first-order chi connectivity index (χ1) is 6.97. The van der Waals surface area contributed by atoms with E-state index in [0.29, 0.717) is 6.07 Å². The highest BCUT2D eigenvalue weighted by atomic mass is 35.5. The Bertz CT molecular complexity index is 393. The summed E-state index contributed by atoms with van der Waals surface area (Å²) in [5, 5.41) is -0.220. The second kappa shape index (κ2) is 4.57. The first-order valence-electron chi connectivity index (χ1n) is 4.19. The molecule has 1 aromatic carbocycles. The molecule has 0 spiro atoms. The quantitative estimate of drug-likeness (QED) is 0.581. The SMILES string of the molecule is COC(=O)C(C)c1cc(Cl)c(F)cc1F. The van der Waals surface area contributed by atoms with Crippen LogP contribution in [0.3, 0.4) is 0 Å². The van der Waals surface area contributed by atoms with Crippen molar-refractivity contribution >= 4 is 17.6 Å². The van der Waals surface area contributed by atoms with Crippen LogP contribution in [0.1, 0.15) is 18.4 Å². The Hall–Kier alpha value is -1.16. The van der Waals surface area contributed by atoms with Crippen LogP contribution in [-0.4, -0.2) is 13.1 Å². The molecule has 0 aliphatic heterocycles. The minimum Gasteiger partial charge on any atom is -0.469 e. The van der Waals surface area contributed by atoms with E-state index in [-0.39, 0.29) is 10.6 Å². The van der Waals surface area contributed by atoms with Crippen molar-refractivity contribution in [3.8, 4) is 0 Å². The smallest absolute Gasteiger partial charge is 0.312 e. The van der Waals surface area contributed by atoms with Crippen LogP contribution < -0.4 is 0 Å². The van der Waals surface area contributed by atoms with Crippen LogP contribution in [0.15, 0.2) is 12.1 Å². The second-order valence-electron chi connectivity index (χ2n) is 3.03. The van der Waals surface area contributed by atoms with E-state index in [4.69, 9.17) is 11.6 Å². The number of ether oxygens (including phenoxy) is 1. The zero-order valence-electron chi connectivity index (χ0n) is 8.18. The van der Waals surface area contributed by atoms with E-state index in [2.05, 4.69) is 4.74 Å². The number of methoxy groups -OCH3 is 1. The number of carbonyl (C=O) groups is 1. The normalized spacial score (nSPS) is 12.3. The zero-order valence-corrected chi connectivity index (χ0v) is 8.94. The Balaban J connectivity index is 3.14. The van der Waals surface area contributed by atoms with E-state index in [9.17, 15) is 13.6 Å². The lowest BCUT2D eigenvalue weighted by atomic mass is 10.0. The van der Waals surface area contributed by atoms with Gasteiger partial charge in [-0.05, 0) is 13.0 Å². The second-order valence-corrected chi connectivity index (χ2v) is 3.44. The molecular weight excluding hydrogens is 226 g/mol. The summed E-state index contributed by atoms with van der Waals surface area (Å²) < 4.78 is 30.5. The summed E-state index contributed by atoms with van der Waals surface area (Å²) in [6.07, 6.45) is 0. The largest absolute Gasteiger partial charge is 0.469 e. The monoisotopic (exact) mass is 234 g/mol. The van der Waals surface area contributed by atoms with Gasteiger partial charge in [-0.2, -0.15) is 0 Å². The lowest BCUT2D eigenvalue weighted by Crippen LogP contribution is -2.12. The molecule has 0 saturated carbocycles. The predicted octanol–water partition coefficient (Wildman–Crippen LogP) is 2.89. The van der Waals surface area contributed by atoms with E-state index in [1.807, 2.05) is 0 Å². The fourth-order valence-corrected chi connectivity index (χ4v) is 1.35. The fraction of sp³-hybridized carbons (Fsp3) is 0.300. The third-order valence-corrected chi connectivity index (χ3v) is 2.35. The van der Waals surface area contributed by atoms with Crippen molar-refractivity contribution in [1.82, 2.24) is 0 Å². The number of halogens is 3. The molecule has 1 atom stereocenters. The highest BCUT2D eigenvalue weighted by molar-refractivity contribution is 6.30. The Kier molecular flexibility index (Phi) is 3.63. The van der Waals surface area contributed by atoms with Gasteiger partial charge < -0.3 is 4.74 Å². The van der Waals surface area contributed by atoms with Gasteiger partial charge in [-0.1, -0.05) is 11.6 Å². The summed E-state index contributed by atoms with van der Waals surface area (Å²) in [4.78, 5) is 11.1. The average molecular weight is 235 g/mol. The Morgan fingerprint density at radius 3 is 2.53 bits per heavy atom. The van der Waals surface area contributed by atoms with Crippen LogP contribution in [0.4, 0.5) is 8.78 Å². The number of hydrogen-bond donors (Lipinski definition) is 0. The molecule has 15 heavy (non-hydrogen) atoms. The van der Waals surface area contributed by atoms with Gasteiger partial charge in [0.05, 0.1) is 18.1 Å². The van der Waals surface area contributed by atoms with Gasteiger partial charge >= 0.3 is 5.97 Å². The third-order valence-electron chi connectivity index (χ3n) is 2.06. The lowest BCUT2D eigenvalue weighted by Gasteiger charge is -2.11. The summed E-state index contributed by atoms with van der Waals surface area (Å²) in [6, 6.07) is 1.74. The summed E-state index contributed by atoms with van der Waals surface area (Å²) in [5.41, 5.74) is 0.0215. The van der Waals surface area contributed by atoms with Crippen molar-refractivity contribution in [1.29, 1.82) is 0 Å². The Morgan fingerprint density at radius 2 is 2.00 bits per heavy atom. The lowest BCUT2D eigenvalue weighted by molar-refractivity contribution is -0.142. The van der Waals surface area contributed by atoms with Gasteiger partial charge in [0.1, 0.15) is 11.6 Å². The summed E-state index contributed by atoms with van der Waals surface area (Å²) in [7, 11) is 1.20. The van der Waals surface area contributed by atoms with Gasteiger partial charge in [0.2, 0.25) is 0 Å². The summed E-state index contributed by atoms with van der Waals surface area (Å²) in [6.45, 7) is 1.46. The molecular formula is C10H9ClF2O2. The van der Waals surface area contributed by atoms with E-state index in [0.717, 1.165) is 6.07 Å². The topological polar surface area (TPSA) is 26.3 Å². The van der Waals surface area contributed by atoms with Crippen molar-refractivity contribution in [2.24, 2.45) is 0 Å². The molecule has 0 aliphatic carbocycles. The fourth-order valence-electron chi connectivity index (χ4n) is 1.17. The molecule has 0 bridgehead atoms. The van der Waals surface area contributed by atoms with Crippen LogP contribution in [0.2, 0.25) is 5.02 Å². The molecule has 0 aromatic heterocycles. The molecule has 0 amide bonds. The van der Waals surface area contributed by atoms with E-state index in [1.165, 1.54) is 14.0 Å². The Labute approximate surface area is 90.8 Å². The maximum Gasteiger partial charge on any atom is 0.312 e. The number of rotatable bonds is 2. The van der Waals surface area contributed by atoms with Crippen LogP contribution in [0.5, 0.6) is 0 Å². The van der Waals surface area contributed by atoms with Crippen LogP contribution in [0, 0.1) is 11.6 Å². The van der Waals surface area contributed by atoms with Crippen molar-refractivity contribution in [2.45, 2.75) is 12.8 Å². The minimum absolute atomic E-state index is 0.0215. The number of carbonyl (C=O) groups excluding carboxylic acids is 1. The molecule has 0 radical (unpaired) electrons. The predicted molar refractivity (Wildman–Crippen MR) is 51.8 cm³/mol. The van der Waals surface area contributed by atoms with E-state index < -0.39 is 23.5 Å². The van der Waals surface area contributed by atoms with Crippen LogP contribution in [-0.2, 0) is 9.53 Å². The highest BCUT2D eigenvalue weighted by Gasteiger charge is 2.21. The summed E-state index contributed by atoms with van der Waals surface area (Å²) in [5.74, 6) is -3.07. The van der Waals surface area contributed by atoms with Crippen molar-refractivity contribution in [3.05, 3.63) is 34.4 Å². The molecule has 0 aliphatic rings. The number of esters is 1. The molecule has 1 rings (SSSR count). The standard InChI is InChI=1S/C10H9ClF2O2/c1-5(10(14)15-2)6-3-7(11)9(13)4-8(6)12/h3-5H,1-2H3. The maximum absolute atomic E-state index is 13.3. The van der Waals surface area contributed by atoms with Gasteiger partial charge in [0.25, 0.3) is 0 Å². The number of hydrogen-bond acceptors (Lipinski definition) is 2. The molecule has 82 valence electrons. The van der Waals surface area contributed by atoms with E-state index >= 15 is 0 Å². The number of benzene rings is 1. The average Bonchev–Trinajstić information content (AvgIpc) is 2.21. The molecule has 1 unspecified atom stereocenters. The van der Waals surface area contributed by atoms with Crippen LogP contribution >= 0.6 is 11.6 Å². The maximum atomic E-state index is 13.3. The molecule has 0 fully saturated rings. The molecule has 0 heterocycles. The van der Waals surface area contributed by atoms with Gasteiger partial charge in [-0.15, -0.1) is 0 Å². The molecule has 0 saturated heterocycles. The van der Waals surface area contributed by atoms with Gasteiger partial charge in [0, 0.05) is 11.6 Å². The van der Waals surface area contributed by atoms with Gasteiger partial charge in [0.15, 0.2) is 0 Å². The highest BCUT2D eigenvalue weighted by Crippen LogP contribution is 2.25. The molecule has 0 N–H and O–H groups in total. The van der Waals surface area contributed by atoms with Gasteiger partial charge in [-0.3, -0.25) is 4.79 Å². The zero-order chi connectivity index (χ0) is 11.6. The molecule has 5 heteroatoms. The summed E-state index contributed by atoms with van der Waals surface area (Å²) >= 11 is 5.48.